The van der Waals surface area contributed by atoms with E-state index in [9.17, 15) is 4.79 Å². The van der Waals surface area contributed by atoms with Gasteiger partial charge in [-0.25, -0.2) is 4.98 Å². The minimum absolute atomic E-state index is 0.0100. The Morgan fingerprint density at radius 2 is 2.06 bits per heavy atom. The molecule has 0 fully saturated rings. The summed E-state index contributed by atoms with van der Waals surface area (Å²) in [5.41, 5.74) is 1.05. The number of carbonyl (C=O) groups excluding carboxylic acids is 1. The van der Waals surface area contributed by atoms with E-state index in [1.807, 2.05) is 30.6 Å². The van der Waals surface area contributed by atoms with E-state index in [0.29, 0.717) is 12.4 Å². The van der Waals surface area contributed by atoms with E-state index in [4.69, 9.17) is 0 Å². The number of likely N-dealkylation sites (N-methyl/N-ethyl adjacent to an activating group) is 1. The lowest BCUT2D eigenvalue weighted by Crippen LogP contribution is -2.33. The molecule has 0 saturated carbocycles. The number of imidazole rings is 1. The molecule has 1 heterocycles. The second kappa shape index (κ2) is 5.52. The Hall–Kier alpha value is -1.36. The number of carbonyl (C=O) groups is 1. The third kappa shape index (κ3) is 3.57. The van der Waals surface area contributed by atoms with Crippen LogP contribution in [-0.2, 0) is 12.5 Å². The molecular formula is C13H24N4O. The van der Waals surface area contributed by atoms with Crippen LogP contribution in [0.4, 0.5) is 0 Å². The summed E-state index contributed by atoms with van der Waals surface area (Å²) in [4.78, 5) is 18.2. The summed E-state index contributed by atoms with van der Waals surface area (Å²) >= 11 is 0. The lowest BCUT2D eigenvalue weighted by molar-refractivity contribution is 0.0937. The average Bonchev–Trinajstić information content (AvgIpc) is 2.58. The number of hydrogen-bond donors (Lipinski definition) is 1. The molecule has 0 aliphatic heterocycles. The number of rotatable bonds is 4. The number of aromatic nitrogens is 2. The zero-order valence-corrected chi connectivity index (χ0v) is 12.2. The van der Waals surface area contributed by atoms with Gasteiger partial charge in [-0.2, -0.15) is 0 Å². The highest BCUT2D eigenvalue weighted by Crippen LogP contribution is 2.22. The topological polar surface area (TPSA) is 50.2 Å². The van der Waals surface area contributed by atoms with Crippen LogP contribution < -0.4 is 5.32 Å². The van der Waals surface area contributed by atoms with Crippen molar-refractivity contribution in [1.82, 2.24) is 19.8 Å². The van der Waals surface area contributed by atoms with Gasteiger partial charge in [0.05, 0.1) is 0 Å². The Morgan fingerprint density at radius 3 is 2.50 bits per heavy atom. The van der Waals surface area contributed by atoms with Gasteiger partial charge < -0.3 is 14.8 Å². The van der Waals surface area contributed by atoms with Crippen molar-refractivity contribution < 1.29 is 4.79 Å². The van der Waals surface area contributed by atoms with Crippen molar-refractivity contribution in [3.8, 4) is 0 Å². The quantitative estimate of drug-likeness (QED) is 0.870. The van der Waals surface area contributed by atoms with Crippen LogP contribution in [0.5, 0.6) is 0 Å². The smallest absolute Gasteiger partial charge is 0.287 e. The molecule has 0 bridgehead atoms. The maximum atomic E-state index is 12.0. The fourth-order valence-corrected chi connectivity index (χ4v) is 1.79. The van der Waals surface area contributed by atoms with Gasteiger partial charge in [-0.05, 0) is 14.1 Å². The lowest BCUT2D eigenvalue weighted by atomic mass is 9.93. The van der Waals surface area contributed by atoms with Crippen LogP contribution in [0.3, 0.4) is 0 Å². The zero-order chi connectivity index (χ0) is 13.9. The highest BCUT2D eigenvalue weighted by atomic mass is 16.2. The van der Waals surface area contributed by atoms with Crippen molar-refractivity contribution in [2.24, 2.45) is 7.05 Å². The Balaban J connectivity index is 2.73. The van der Waals surface area contributed by atoms with Crippen LogP contribution in [0.15, 0.2) is 6.20 Å². The van der Waals surface area contributed by atoms with E-state index < -0.39 is 0 Å². The van der Waals surface area contributed by atoms with E-state index in [1.54, 1.807) is 6.20 Å². The number of nitrogens with zero attached hydrogens (tertiary/aromatic N) is 3. The van der Waals surface area contributed by atoms with Crippen LogP contribution in [-0.4, -0.2) is 47.5 Å². The van der Waals surface area contributed by atoms with Gasteiger partial charge in [0.1, 0.15) is 0 Å². The number of amides is 1. The van der Waals surface area contributed by atoms with Crippen molar-refractivity contribution in [3.63, 3.8) is 0 Å². The minimum Gasteiger partial charge on any atom is -0.348 e. The third-order valence-corrected chi connectivity index (χ3v) is 2.80. The van der Waals surface area contributed by atoms with Gasteiger partial charge >= 0.3 is 0 Å². The second-order valence-corrected chi connectivity index (χ2v) is 5.84. The predicted molar refractivity (Wildman–Crippen MR) is 72.8 cm³/mol. The number of hydrogen-bond acceptors (Lipinski definition) is 3. The van der Waals surface area contributed by atoms with Crippen LogP contribution in [0, 0.1) is 0 Å². The molecule has 0 unspecified atom stereocenters. The lowest BCUT2D eigenvalue weighted by Gasteiger charge is -2.19. The number of nitrogens with one attached hydrogen (secondary N) is 1. The monoisotopic (exact) mass is 252 g/mol. The molecule has 0 aliphatic rings. The van der Waals surface area contributed by atoms with Gasteiger partial charge in [-0.1, -0.05) is 20.8 Å². The summed E-state index contributed by atoms with van der Waals surface area (Å²) in [6.45, 7) is 7.78. The van der Waals surface area contributed by atoms with Gasteiger partial charge in [0, 0.05) is 37.4 Å². The van der Waals surface area contributed by atoms with Crippen molar-refractivity contribution >= 4 is 5.91 Å². The molecule has 102 valence electrons. The molecule has 0 atom stereocenters. The molecule has 0 radical (unpaired) electrons. The Bertz CT molecular complexity index is 415. The Labute approximate surface area is 109 Å². The van der Waals surface area contributed by atoms with Crippen LogP contribution in [0.25, 0.3) is 0 Å². The second-order valence-electron chi connectivity index (χ2n) is 5.84. The first-order valence-electron chi connectivity index (χ1n) is 6.18. The van der Waals surface area contributed by atoms with E-state index in [1.165, 1.54) is 0 Å². The van der Waals surface area contributed by atoms with Crippen LogP contribution in [0.1, 0.15) is 37.1 Å². The molecule has 0 saturated heterocycles. The highest BCUT2D eigenvalue weighted by molar-refractivity contribution is 5.90. The highest BCUT2D eigenvalue weighted by Gasteiger charge is 2.22. The first-order valence-corrected chi connectivity index (χ1v) is 6.18. The summed E-state index contributed by atoms with van der Waals surface area (Å²) in [5, 5.41) is 2.87. The third-order valence-electron chi connectivity index (χ3n) is 2.80. The summed E-state index contributed by atoms with van der Waals surface area (Å²) < 4.78 is 1.87. The van der Waals surface area contributed by atoms with E-state index >= 15 is 0 Å². The maximum absolute atomic E-state index is 12.0. The van der Waals surface area contributed by atoms with Crippen molar-refractivity contribution in [2.75, 3.05) is 27.2 Å². The van der Waals surface area contributed by atoms with Crippen molar-refractivity contribution in [3.05, 3.63) is 17.7 Å². The van der Waals surface area contributed by atoms with Gasteiger partial charge in [-0.3, -0.25) is 4.79 Å². The van der Waals surface area contributed by atoms with E-state index in [2.05, 4.69) is 31.1 Å². The Morgan fingerprint density at radius 1 is 1.44 bits per heavy atom. The molecule has 0 aromatic carbocycles. The molecule has 5 heteroatoms. The zero-order valence-electron chi connectivity index (χ0n) is 12.2. The largest absolute Gasteiger partial charge is 0.348 e. The van der Waals surface area contributed by atoms with E-state index in [0.717, 1.165) is 12.2 Å². The molecule has 18 heavy (non-hydrogen) atoms. The molecule has 1 N–H and O–H groups in total. The molecule has 1 amide bonds. The normalized spacial score (nSPS) is 11.9. The summed E-state index contributed by atoms with van der Waals surface area (Å²) in [7, 11) is 5.84. The maximum Gasteiger partial charge on any atom is 0.287 e. The predicted octanol–water partition coefficient (Wildman–Crippen LogP) is 1.01. The standard InChI is InChI=1S/C13H24N4O/c1-13(2,3)10-9-15-11(17(10)6)12(18)14-7-8-16(4)5/h9H,7-8H2,1-6H3,(H,14,18). The molecule has 0 aliphatic carbocycles. The fraction of sp³-hybridized carbons (Fsp3) is 0.692. The first kappa shape index (κ1) is 14.7. The summed E-state index contributed by atoms with van der Waals surface area (Å²) in [6.07, 6.45) is 1.78. The molecule has 1 rings (SSSR count). The van der Waals surface area contributed by atoms with Gasteiger partial charge in [0.25, 0.3) is 5.91 Å². The SMILES string of the molecule is CN(C)CCNC(=O)c1ncc(C(C)(C)C)n1C. The molecule has 1 aromatic heterocycles. The van der Waals surface area contributed by atoms with Gasteiger partial charge in [0.2, 0.25) is 0 Å². The summed E-state index contributed by atoms with van der Waals surface area (Å²) in [6, 6.07) is 0. The summed E-state index contributed by atoms with van der Waals surface area (Å²) in [5.74, 6) is 0.355. The molecular weight excluding hydrogens is 228 g/mol. The van der Waals surface area contributed by atoms with Crippen LogP contribution >= 0.6 is 0 Å². The molecule has 1 aromatic rings. The molecule has 5 nitrogen and oxygen atoms in total. The van der Waals surface area contributed by atoms with Crippen molar-refractivity contribution in [2.45, 2.75) is 26.2 Å². The molecule has 0 spiro atoms. The van der Waals surface area contributed by atoms with Crippen molar-refractivity contribution in [1.29, 1.82) is 0 Å². The minimum atomic E-state index is -0.116. The van der Waals surface area contributed by atoms with Gasteiger partial charge in [0.15, 0.2) is 5.82 Å². The van der Waals surface area contributed by atoms with E-state index in [-0.39, 0.29) is 11.3 Å². The fourth-order valence-electron chi connectivity index (χ4n) is 1.79. The van der Waals surface area contributed by atoms with Crippen LogP contribution in [0.2, 0.25) is 0 Å². The first-order chi connectivity index (χ1) is 8.23. The average molecular weight is 252 g/mol. The van der Waals surface area contributed by atoms with Gasteiger partial charge in [-0.15, -0.1) is 0 Å². The Kier molecular flexibility index (Phi) is 4.51.